The first kappa shape index (κ1) is 17.4. The molecule has 0 radical (unpaired) electrons. The molecule has 0 spiro atoms. The summed E-state index contributed by atoms with van der Waals surface area (Å²) in [5.41, 5.74) is 3.69. The van der Waals surface area contributed by atoms with Gasteiger partial charge in [0.1, 0.15) is 11.1 Å². The predicted octanol–water partition coefficient (Wildman–Crippen LogP) is 2.68. The first-order valence-electron chi connectivity index (χ1n) is 8.08. The van der Waals surface area contributed by atoms with E-state index in [-0.39, 0.29) is 11.8 Å². The Morgan fingerprint density at radius 3 is 2.88 bits per heavy atom. The minimum absolute atomic E-state index is 0.197. The molecule has 3 heterocycles. The lowest BCUT2D eigenvalue weighted by atomic mass is 9.88. The fraction of sp³-hybridized carbons (Fsp3) is 0.333. The van der Waals surface area contributed by atoms with Gasteiger partial charge in [0.15, 0.2) is 5.84 Å². The van der Waals surface area contributed by atoms with E-state index in [4.69, 9.17) is 10.1 Å². The summed E-state index contributed by atoms with van der Waals surface area (Å²) < 4.78 is 5.44. The maximum absolute atomic E-state index is 9.52. The number of ether oxygens (including phenoxy) is 1. The molecule has 0 aromatic carbocycles. The Morgan fingerprint density at radius 1 is 1.44 bits per heavy atom. The number of pyridine rings is 1. The molecule has 7 heteroatoms. The van der Waals surface area contributed by atoms with E-state index in [2.05, 4.69) is 34.0 Å². The van der Waals surface area contributed by atoms with E-state index in [1.807, 2.05) is 12.1 Å². The van der Waals surface area contributed by atoms with E-state index in [1.165, 1.54) is 0 Å². The lowest BCUT2D eigenvalue weighted by molar-refractivity contribution is 0.0852. The quantitative estimate of drug-likeness (QED) is 0.728. The van der Waals surface area contributed by atoms with Crippen molar-refractivity contribution in [1.29, 1.82) is 10.7 Å². The Morgan fingerprint density at radius 2 is 2.20 bits per heavy atom. The topological polar surface area (TPSA) is 94.2 Å². The molecule has 1 aromatic heterocycles. The number of aliphatic imine (C=N–C) groups is 1. The Hall–Kier alpha value is -2.43. The van der Waals surface area contributed by atoms with Gasteiger partial charge < -0.3 is 10.1 Å². The zero-order valence-corrected chi connectivity index (χ0v) is 14.8. The number of nitriles is 1. The Labute approximate surface area is 152 Å². The molecule has 6 nitrogen and oxygen atoms in total. The lowest BCUT2D eigenvalue weighted by Gasteiger charge is -2.24. The first-order valence-corrected chi connectivity index (χ1v) is 8.53. The number of hydrogen-bond acceptors (Lipinski definition) is 6. The van der Waals surface area contributed by atoms with Gasteiger partial charge in [-0.3, -0.25) is 5.41 Å². The molecule has 0 amide bonds. The maximum atomic E-state index is 9.52. The number of allylic oxidation sites excluding steroid dienone is 1. The van der Waals surface area contributed by atoms with Gasteiger partial charge in [-0.25, -0.2) is 9.98 Å². The molecule has 0 unspecified atom stereocenters. The van der Waals surface area contributed by atoms with Gasteiger partial charge in [-0.2, -0.15) is 5.26 Å². The van der Waals surface area contributed by atoms with Crippen LogP contribution >= 0.6 is 12.6 Å². The van der Waals surface area contributed by atoms with Crippen LogP contribution in [0.4, 0.5) is 0 Å². The zero-order chi connectivity index (χ0) is 17.8. The molecular formula is C18H19N5OS. The van der Waals surface area contributed by atoms with Crippen molar-refractivity contribution in [2.75, 3.05) is 20.3 Å². The van der Waals surface area contributed by atoms with Gasteiger partial charge in [0.05, 0.1) is 11.3 Å². The Bertz CT molecular complexity index is 829. The summed E-state index contributed by atoms with van der Waals surface area (Å²) >= 11 is 4.43. The third-order valence-electron chi connectivity index (χ3n) is 4.32. The molecule has 0 bridgehead atoms. The molecule has 1 aromatic rings. The van der Waals surface area contributed by atoms with Crippen molar-refractivity contribution in [1.82, 2.24) is 10.3 Å². The number of aromatic nitrogens is 1. The van der Waals surface area contributed by atoms with Crippen LogP contribution in [0.3, 0.4) is 0 Å². The first-order chi connectivity index (χ1) is 12.1. The maximum Gasteiger partial charge on any atom is 0.153 e. The van der Waals surface area contributed by atoms with Crippen LogP contribution in [-0.2, 0) is 4.74 Å². The van der Waals surface area contributed by atoms with E-state index < -0.39 is 0 Å². The molecule has 25 heavy (non-hydrogen) atoms. The van der Waals surface area contributed by atoms with Crippen molar-refractivity contribution < 1.29 is 4.74 Å². The number of thiol groups is 1. The zero-order valence-electron chi connectivity index (χ0n) is 13.9. The van der Waals surface area contributed by atoms with E-state index in [0.29, 0.717) is 35.1 Å². The van der Waals surface area contributed by atoms with Crippen LogP contribution < -0.4 is 5.32 Å². The number of hydrogen-bond donors (Lipinski definition) is 3. The fourth-order valence-corrected chi connectivity index (χ4v) is 3.32. The van der Waals surface area contributed by atoms with Crippen molar-refractivity contribution in [3.05, 3.63) is 40.7 Å². The van der Waals surface area contributed by atoms with Gasteiger partial charge in [-0.1, -0.05) is 0 Å². The van der Waals surface area contributed by atoms with Crippen LogP contribution in [0.15, 0.2) is 33.9 Å². The Kier molecular flexibility index (Phi) is 5.31. The van der Waals surface area contributed by atoms with Gasteiger partial charge in [-0.05, 0) is 36.5 Å². The number of rotatable bonds is 3. The van der Waals surface area contributed by atoms with Gasteiger partial charge in [-0.15, -0.1) is 12.6 Å². The summed E-state index contributed by atoms with van der Waals surface area (Å²) in [5, 5.41) is 20.7. The average molecular weight is 353 g/mol. The standard InChI is InChI=1S/C18H19N5OS/c1-21-9-13-6-12(10-22-17(13)20)16-7-14(11-2-4-24-5-3-11)15(8-19)18(25)23-16/h6-7,9-11,20-21H,2-5H2,1H3,(H,23,25)/b13-9-,20-17?. The monoisotopic (exact) mass is 353 g/mol. The highest BCUT2D eigenvalue weighted by Gasteiger charge is 2.23. The second kappa shape index (κ2) is 7.64. The van der Waals surface area contributed by atoms with Crippen LogP contribution in [0.25, 0.3) is 5.57 Å². The molecule has 2 aliphatic heterocycles. The minimum Gasteiger partial charge on any atom is -0.393 e. The van der Waals surface area contributed by atoms with E-state index >= 15 is 0 Å². The second-order valence-corrected chi connectivity index (χ2v) is 6.31. The normalized spacial score (nSPS) is 19.6. The van der Waals surface area contributed by atoms with Crippen molar-refractivity contribution in [2.24, 2.45) is 4.99 Å². The summed E-state index contributed by atoms with van der Waals surface area (Å²) in [6.45, 7) is 1.40. The molecule has 0 saturated carbocycles. The molecule has 1 saturated heterocycles. The summed E-state index contributed by atoms with van der Waals surface area (Å²) in [7, 11) is 1.78. The second-order valence-electron chi connectivity index (χ2n) is 5.89. The van der Waals surface area contributed by atoms with Crippen molar-refractivity contribution in [3.63, 3.8) is 0 Å². The summed E-state index contributed by atoms with van der Waals surface area (Å²) in [6.07, 6.45) is 6.98. The minimum atomic E-state index is 0.197. The van der Waals surface area contributed by atoms with E-state index in [9.17, 15) is 5.26 Å². The van der Waals surface area contributed by atoms with Crippen LogP contribution in [-0.4, -0.2) is 37.3 Å². The van der Waals surface area contributed by atoms with Crippen molar-refractivity contribution >= 4 is 30.3 Å². The van der Waals surface area contributed by atoms with Gasteiger partial charge in [0.2, 0.25) is 0 Å². The third kappa shape index (κ3) is 3.65. The van der Waals surface area contributed by atoms with Crippen molar-refractivity contribution in [2.45, 2.75) is 23.8 Å². The highest BCUT2D eigenvalue weighted by Crippen LogP contribution is 2.33. The molecule has 2 N–H and O–H groups in total. The third-order valence-corrected chi connectivity index (χ3v) is 4.64. The summed E-state index contributed by atoms with van der Waals surface area (Å²) in [6, 6.07) is 4.20. The van der Waals surface area contributed by atoms with Crippen LogP contribution in [0.1, 0.15) is 35.6 Å². The van der Waals surface area contributed by atoms with Crippen LogP contribution in [0.2, 0.25) is 0 Å². The van der Waals surface area contributed by atoms with Crippen LogP contribution in [0.5, 0.6) is 0 Å². The largest absolute Gasteiger partial charge is 0.393 e. The van der Waals surface area contributed by atoms with Gasteiger partial charge in [0.25, 0.3) is 0 Å². The average Bonchev–Trinajstić information content (AvgIpc) is 2.64. The highest BCUT2D eigenvalue weighted by atomic mass is 32.1. The Balaban J connectivity index is 2.06. The number of nitrogens with one attached hydrogen (secondary N) is 2. The number of amidine groups is 1. The number of dihydropyridines is 1. The lowest BCUT2D eigenvalue weighted by Crippen LogP contribution is -2.16. The summed E-state index contributed by atoms with van der Waals surface area (Å²) in [4.78, 5) is 8.61. The molecule has 128 valence electrons. The molecule has 1 fully saturated rings. The highest BCUT2D eigenvalue weighted by molar-refractivity contribution is 7.80. The molecule has 3 rings (SSSR count). The van der Waals surface area contributed by atoms with Gasteiger partial charge >= 0.3 is 0 Å². The van der Waals surface area contributed by atoms with E-state index in [1.54, 1.807) is 19.5 Å². The van der Waals surface area contributed by atoms with Gasteiger partial charge in [0, 0.05) is 43.8 Å². The molecule has 2 aliphatic rings. The molecule has 0 aliphatic carbocycles. The fourth-order valence-electron chi connectivity index (χ4n) is 3.03. The molecule has 0 atom stereocenters. The SMILES string of the molecule is CN/C=C1/C=C(c2cc(C3CCOCC3)c(C#N)c(S)n2)C=NC1=N. The number of nitrogens with zero attached hydrogens (tertiary/aromatic N) is 3. The summed E-state index contributed by atoms with van der Waals surface area (Å²) in [5.74, 6) is 0.463. The van der Waals surface area contributed by atoms with Crippen molar-refractivity contribution in [3.8, 4) is 6.07 Å². The predicted molar refractivity (Wildman–Crippen MR) is 100 cm³/mol. The van der Waals surface area contributed by atoms with E-state index in [0.717, 1.165) is 24.0 Å². The molecular weight excluding hydrogens is 334 g/mol. The smallest absolute Gasteiger partial charge is 0.153 e. The van der Waals surface area contributed by atoms with Crippen LogP contribution in [0, 0.1) is 16.7 Å².